The van der Waals surface area contributed by atoms with Crippen molar-refractivity contribution in [1.82, 2.24) is 4.90 Å². The average molecular weight is 244 g/mol. The number of hydrogen-bond donors (Lipinski definition) is 0. The van der Waals surface area contributed by atoms with Crippen LogP contribution in [0.25, 0.3) is 5.70 Å². The van der Waals surface area contributed by atoms with Crippen LogP contribution in [0.1, 0.15) is 18.1 Å². The maximum absolute atomic E-state index is 4.11. The molecule has 2 nitrogen and oxygen atoms in total. The largest absolute Gasteiger partial charge is 0.341 e. The summed E-state index contributed by atoms with van der Waals surface area (Å²) < 4.78 is 0. The molecule has 1 aromatic rings. The normalized spacial score (nSPS) is 16.0. The minimum atomic E-state index is 0.913. The third-order valence-corrected chi connectivity index (χ3v) is 3.58. The van der Waals surface area contributed by atoms with Crippen LogP contribution < -0.4 is 0 Å². The molecule has 1 aromatic carbocycles. The Kier molecular flexibility index (Phi) is 3.69. The summed E-state index contributed by atoms with van der Waals surface area (Å²) in [5, 5.41) is 0. The Morgan fingerprint density at radius 2 is 2.06 bits per heavy atom. The van der Waals surface area contributed by atoms with Crippen LogP contribution in [0.2, 0.25) is 0 Å². The Morgan fingerprint density at radius 3 is 2.59 bits per heavy atom. The molecule has 0 saturated heterocycles. The Balaban J connectivity index is 2.24. The minimum Gasteiger partial charge on any atom is -0.341 e. The van der Waals surface area contributed by atoms with Crippen molar-refractivity contribution in [2.24, 2.45) is 4.99 Å². The number of rotatable bonds is 3. The highest BCUT2D eigenvalue weighted by Crippen LogP contribution is 2.26. The monoisotopic (exact) mass is 244 g/mol. The van der Waals surface area contributed by atoms with E-state index < -0.39 is 0 Å². The van der Waals surface area contributed by atoms with Crippen LogP contribution in [0.15, 0.2) is 46.6 Å². The van der Waals surface area contributed by atoms with E-state index in [9.17, 15) is 0 Å². The number of nitrogens with zero attached hydrogens (tertiary/aromatic N) is 2. The lowest BCUT2D eigenvalue weighted by Gasteiger charge is -2.10. The molecule has 0 fully saturated rings. The molecule has 0 N–H and O–H groups in total. The van der Waals surface area contributed by atoms with E-state index in [2.05, 4.69) is 60.9 Å². The highest BCUT2D eigenvalue weighted by Gasteiger charge is 2.08. The van der Waals surface area contributed by atoms with Crippen LogP contribution >= 0.6 is 11.8 Å². The van der Waals surface area contributed by atoms with Crippen molar-refractivity contribution < 1.29 is 0 Å². The second-order valence-corrected chi connectivity index (χ2v) is 5.26. The SMILES string of the molecule is C=N/C(=C\N1C=C(C)SC1)c1ccc(C)cc1. The second kappa shape index (κ2) is 5.23. The van der Waals surface area contributed by atoms with Gasteiger partial charge in [-0.15, -0.1) is 11.8 Å². The van der Waals surface area contributed by atoms with Gasteiger partial charge in [-0.25, -0.2) is 0 Å². The van der Waals surface area contributed by atoms with Gasteiger partial charge in [-0.2, -0.15) is 0 Å². The first-order chi connectivity index (χ1) is 8.19. The molecule has 0 amide bonds. The van der Waals surface area contributed by atoms with Crippen molar-refractivity contribution in [1.29, 1.82) is 0 Å². The molecular weight excluding hydrogens is 228 g/mol. The van der Waals surface area contributed by atoms with Gasteiger partial charge in [-0.05, 0) is 25.5 Å². The molecule has 2 rings (SSSR count). The van der Waals surface area contributed by atoms with Crippen molar-refractivity contribution in [3.63, 3.8) is 0 Å². The van der Waals surface area contributed by atoms with Gasteiger partial charge in [0.25, 0.3) is 0 Å². The van der Waals surface area contributed by atoms with E-state index in [-0.39, 0.29) is 0 Å². The van der Waals surface area contributed by atoms with E-state index in [1.54, 1.807) is 0 Å². The Morgan fingerprint density at radius 1 is 1.35 bits per heavy atom. The van der Waals surface area contributed by atoms with E-state index in [0.717, 1.165) is 17.1 Å². The van der Waals surface area contributed by atoms with Gasteiger partial charge in [0.2, 0.25) is 0 Å². The zero-order valence-electron chi connectivity index (χ0n) is 10.2. The number of thioether (sulfide) groups is 1. The van der Waals surface area contributed by atoms with E-state index in [1.165, 1.54) is 10.5 Å². The van der Waals surface area contributed by atoms with Crippen LogP contribution in [0.3, 0.4) is 0 Å². The molecule has 1 aliphatic heterocycles. The lowest BCUT2D eigenvalue weighted by atomic mass is 10.1. The first-order valence-corrected chi connectivity index (χ1v) is 6.50. The van der Waals surface area contributed by atoms with Gasteiger partial charge in [-0.3, -0.25) is 4.99 Å². The maximum atomic E-state index is 4.11. The van der Waals surface area contributed by atoms with Crippen LogP contribution in [0, 0.1) is 6.92 Å². The lowest BCUT2D eigenvalue weighted by Crippen LogP contribution is -2.04. The van der Waals surface area contributed by atoms with Crippen LogP contribution in [-0.2, 0) is 0 Å². The molecule has 0 radical (unpaired) electrons. The third kappa shape index (κ3) is 3.01. The van der Waals surface area contributed by atoms with Gasteiger partial charge in [0, 0.05) is 18.0 Å². The first-order valence-electron chi connectivity index (χ1n) is 5.51. The number of hydrogen-bond acceptors (Lipinski definition) is 3. The summed E-state index contributed by atoms with van der Waals surface area (Å²) in [5.74, 6) is 0.955. The third-order valence-electron chi connectivity index (χ3n) is 2.59. The van der Waals surface area contributed by atoms with E-state index in [4.69, 9.17) is 0 Å². The molecule has 0 spiro atoms. The van der Waals surface area contributed by atoms with Crippen molar-refractivity contribution >= 4 is 24.2 Å². The zero-order valence-corrected chi connectivity index (χ0v) is 11.0. The Labute approximate surface area is 107 Å². The summed E-state index contributed by atoms with van der Waals surface area (Å²) in [5.41, 5.74) is 3.27. The minimum absolute atomic E-state index is 0.913. The quantitative estimate of drug-likeness (QED) is 0.750. The van der Waals surface area contributed by atoms with E-state index in [1.807, 2.05) is 18.0 Å². The Bertz CT molecular complexity index is 472. The van der Waals surface area contributed by atoms with Crippen LogP contribution in [0.4, 0.5) is 0 Å². The molecular formula is C14H16N2S. The molecule has 1 heterocycles. The summed E-state index contributed by atoms with van der Waals surface area (Å²) in [4.78, 5) is 7.58. The van der Waals surface area contributed by atoms with E-state index >= 15 is 0 Å². The van der Waals surface area contributed by atoms with Gasteiger partial charge in [0.15, 0.2) is 0 Å². The predicted octanol–water partition coefficient (Wildman–Crippen LogP) is 3.86. The molecule has 0 bridgehead atoms. The fourth-order valence-electron chi connectivity index (χ4n) is 1.65. The first kappa shape index (κ1) is 12.0. The second-order valence-electron chi connectivity index (χ2n) is 4.07. The summed E-state index contributed by atoms with van der Waals surface area (Å²) >= 11 is 1.84. The molecule has 0 saturated carbocycles. The molecule has 17 heavy (non-hydrogen) atoms. The van der Waals surface area contributed by atoms with Crippen LogP contribution in [0.5, 0.6) is 0 Å². The van der Waals surface area contributed by atoms with E-state index in [0.29, 0.717) is 0 Å². The zero-order chi connectivity index (χ0) is 12.3. The fraction of sp³-hybridized carbons (Fsp3) is 0.214. The Hall–Kier alpha value is -1.48. The fourth-order valence-corrected chi connectivity index (χ4v) is 2.36. The molecule has 0 aliphatic carbocycles. The van der Waals surface area contributed by atoms with Crippen molar-refractivity contribution in [3.8, 4) is 0 Å². The predicted molar refractivity (Wildman–Crippen MR) is 76.8 cm³/mol. The average Bonchev–Trinajstić information content (AvgIpc) is 2.73. The smallest absolute Gasteiger partial charge is 0.0856 e. The van der Waals surface area contributed by atoms with Crippen molar-refractivity contribution in [2.45, 2.75) is 13.8 Å². The molecule has 88 valence electrons. The number of aryl methyl sites for hydroxylation is 1. The molecule has 0 atom stereocenters. The van der Waals surface area contributed by atoms with Gasteiger partial charge in [0.05, 0.1) is 11.6 Å². The summed E-state index contributed by atoms with van der Waals surface area (Å²) in [7, 11) is 0. The van der Waals surface area contributed by atoms with Gasteiger partial charge >= 0.3 is 0 Å². The highest BCUT2D eigenvalue weighted by atomic mass is 32.2. The molecule has 0 aromatic heterocycles. The molecule has 1 aliphatic rings. The van der Waals surface area contributed by atoms with Gasteiger partial charge < -0.3 is 4.90 Å². The maximum Gasteiger partial charge on any atom is 0.0856 e. The van der Waals surface area contributed by atoms with Crippen molar-refractivity contribution in [3.05, 3.63) is 52.7 Å². The highest BCUT2D eigenvalue weighted by molar-refractivity contribution is 8.03. The number of aliphatic imine (C=N–C) groups is 1. The number of allylic oxidation sites excluding steroid dienone is 1. The van der Waals surface area contributed by atoms with Gasteiger partial charge in [-0.1, -0.05) is 29.8 Å². The summed E-state index contributed by atoms with van der Waals surface area (Å²) in [6.45, 7) is 7.85. The molecule has 3 heteroatoms. The standard InChI is InChI=1S/C14H16N2S/c1-11-4-6-13(7-5-11)14(15-3)9-16-8-12(2)17-10-16/h4-9H,3,10H2,1-2H3/b14-9-. The number of benzene rings is 1. The van der Waals surface area contributed by atoms with Crippen LogP contribution in [-0.4, -0.2) is 17.5 Å². The van der Waals surface area contributed by atoms with Crippen molar-refractivity contribution in [2.75, 3.05) is 5.88 Å². The van der Waals surface area contributed by atoms with Gasteiger partial charge in [0.1, 0.15) is 0 Å². The summed E-state index contributed by atoms with van der Waals surface area (Å²) in [6, 6.07) is 8.34. The molecule has 0 unspecified atom stereocenters. The topological polar surface area (TPSA) is 15.6 Å². The summed E-state index contributed by atoms with van der Waals surface area (Å²) in [6.07, 6.45) is 4.17. The lowest BCUT2D eigenvalue weighted by molar-refractivity contribution is 0.612.